The van der Waals surface area contributed by atoms with Gasteiger partial charge in [-0.2, -0.15) is 44.5 Å². The number of anilines is 5. The van der Waals surface area contributed by atoms with Gasteiger partial charge < -0.3 is 20.6 Å². The number of halogens is 9. The first-order valence-corrected chi connectivity index (χ1v) is 13.7. The molecule has 0 saturated heterocycles. The minimum Gasteiger partial charge on any atom is -0.475 e. The maximum atomic E-state index is 13.7. The average molecular weight is 673 g/mol. The zero-order valence-corrected chi connectivity index (χ0v) is 24.2. The quantitative estimate of drug-likeness (QED) is 0.184. The fourth-order valence-corrected chi connectivity index (χ4v) is 4.57. The second-order valence-electron chi connectivity index (χ2n) is 10.2. The number of aromatic nitrogens is 3. The Bertz CT molecular complexity index is 1710. The fraction of sp³-hybridized carbons (Fsp3) is 0.267. The molecule has 1 aliphatic heterocycles. The molecule has 3 N–H and O–H groups in total. The van der Waals surface area contributed by atoms with Crippen LogP contribution in [0.25, 0.3) is 0 Å². The van der Waals surface area contributed by atoms with Crippen LogP contribution < -0.4 is 15.5 Å². The predicted octanol–water partition coefficient (Wildman–Crippen LogP) is 7.94. The zero-order valence-electron chi connectivity index (χ0n) is 24.2. The molecule has 0 unspecified atom stereocenters. The molecule has 0 saturated carbocycles. The smallest absolute Gasteiger partial charge is 0.475 e. The molecule has 0 bridgehead atoms. The van der Waals surface area contributed by atoms with Crippen LogP contribution in [-0.4, -0.2) is 45.3 Å². The number of carbonyl (C=O) groups is 1. The maximum Gasteiger partial charge on any atom is 0.490 e. The Morgan fingerprint density at radius 1 is 0.809 bits per heavy atom. The molecule has 0 spiro atoms. The van der Waals surface area contributed by atoms with Gasteiger partial charge in [0.25, 0.3) is 0 Å². The van der Waals surface area contributed by atoms with Gasteiger partial charge >= 0.3 is 24.5 Å². The molecule has 5 rings (SSSR count). The molecule has 0 fully saturated rings. The number of carboxylic acid groups (broad SMARTS) is 1. The Morgan fingerprint density at radius 2 is 1.47 bits per heavy atom. The molecule has 0 amide bonds. The number of aliphatic carboxylic acids is 1. The summed E-state index contributed by atoms with van der Waals surface area (Å²) in [5.74, 6) is -2.31. The van der Waals surface area contributed by atoms with Crippen LogP contribution in [-0.2, 0) is 30.0 Å². The topological polar surface area (TPSA) is 103 Å². The van der Waals surface area contributed by atoms with Crippen molar-refractivity contribution in [3.63, 3.8) is 0 Å². The second-order valence-corrected chi connectivity index (χ2v) is 10.2. The Labute approximate surface area is 261 Å². The molecular weight excluding hydrogens is 647 g/mol. The van der Waals surface area contributed by atoms with Gasteiger partial charge in [-0.15, -0.1) is 0 Å². The number of nitrogens with one attached hydrogen (secondary N) is 2. The van der Waals surface area contributed by atoms with Crippen molar-refractivity contribution >= 4 is 34.9 Å². The van der Waals surface area contributed by atoms with Gasteiger partial charge in [-0.3, -0.25) is 0 Å². The van der Waals surface area contributed by atoms with Gasteiger partial charge in [0.05, 0.1) is 16.8 Å². The lowest BCUT2D eigenvalue weighted by Gasteiger charge is -2.24. The first kappa shape index (κ1) is 34.8. The summed E-state index contributed by atoms with van der Waals surface area (Å²) in [4.78, 5) is 23.8. The molecule has 8 nitrogen and oxygen atoms in total. The van der Waals surface area contributed by atoms with Gasteiger partial charge in [0.15, 0.2) is 0 Å². The molecule has 0 aliphatic carbocycles. The van der Waals surface area contributed by atoms with Crippen LogP contribution in [0.2, 0.25) is 0 Å². The molecule has 47 heavy (non-hydrogen) atoms. The van der Waals surface area contributed by atoms with E-state index in [0.29, 0.717) is 29.2 Å². The van der Waals surface area contributed by atoms with E-state index in [0.717, 1.165) is 29.4 Å². The highest BCUT2D eigenvalue weighted by molar-refractivity contribution is 5.73. The number of aryl methyl sites for hydroxylation is 1. The van der Waals surface area contributed by atoms with Crippen LogP contribution in [0.3, 0.4) is 0 Å². The largest absolute Gasteiger partial charge is 0.490 e. The lowest BCUT2D eigenvalue weighted by atomic mass is 10.1. The van der Waals surface area contributed by atoms with E-state index in [4.69, 9.17) is 9.90 Å². The van der Waals surface area contributed by atoms with Crippen molar-refractivity contribution in [1.29, 1.82) is 0 Å². The number of hydrogen-bond acceptors (Lipinski definition) is 7. The summed E-state index contributed by atoms with van der Waals surface area (Å²) < 4.78 is 112. The van der Waals surface area contributed by atoms with E-state index in [1.54, 1.807) is 4.90 Å². The molecule has 0 atom stereocenters. The number of alkyl halides is 9. The van der Waals surface area contributed by atoms with Crippen LogP contribution in [0.4, 0.5) is 68.5 Å². The number of nitrogens with zero attached hydrogens (tertiary/aromatic N) is 4. The van der Waals surface area contributed by atoms with E-state index >= 15 is 0 Å². The molecular formula is C30H25F9N6O2. The van der Waals surface area contributed by atoms with E-state index in [-0.39, 0.29) is 31.3 Å². The lowest BCUT2D eigenvalue weighted by Crippen LogP contribution is -2.29. The Balaban J connectivity index is 0.000000644. The highest BCUT2D eigenvalue weighted by atomic mass is 19.4. The Morgan fingerprint density at radius 3 is 2.06 bits per heavy atom. The number of carboxylic acids is 1. The van der Waals surface area contributed by atoms with Crippen LogP contribution in [0.5, 0.6) is 0 Å². The van der Waals surface area contributed by atoms with Gasteiger partial charge in [0, 0.05) is 42.6 Å². The summed E-state index contributed by atoms with van der Waals surface area (Å²) in [5, 5.41) is 13.4. The summed E-state index contributed by atoms with van der Waals surface area (Å²) in [5.41, 5.74) is 1.80. The van der Waals surface area contributed by atoms with Gasteiger partial charge in [-0.25, -0.2) is 14.8 Å². The van der Waals surface area contributed by atoms with Gasteiger partial charge in [0.1, 0.15) is 11.6 Å². The van der Waals surface area contributed by atoms with Crippen molar-refractivity contribution in [3.05, 3.63) is 94.8 Å². The molecule has 17 heteroatoms. The Hall–Kier alpha value is -5.09. The first-order chi connectivity index (χ1) is 21.9. The minimum atomic E-state index is -5.08. The highest BCUT2D eigenvalue weighted by Gasteiger charge is 2.38. The normalized spacial score (nSPS) is 13.5. The van der Waals surface area contributed by atoms with Gasteiger partial charge in [0.2, 0.25) is 5.95 Å². The predicted molar refractivity (Wildman–Crippen MR) is 154 cm³/mol. The van der Waals surface area contributed by atoms with E-state index in [1.165, 1.54) is 24.4 Å². The summed E-state index contributed by atoms with van der Waals surface area (Å²) in [6.45, 7) is 2.37. The molecule has 1 aliphatic rings. The third-order valence-electron chi connectivity index (χ3n) is 6.73. The van der Waals surface area contributed by atoms with Crippen molar-refractivity contribution < 1.29 is 49.4 Å². The summed E-state index contributed by atoms with van der Waals surface area (Å²) in [6, 6.07) is 14.3. The van der Waals surface area contributed by atoms with Crippen molar-refractivity contribution in [1.82, 2.24) is 15.0 Å². The van der Waals surface area contributed by atoms with Crippen molar-refractivity contribution in [3.8, 4) is 0 Å². The van der Waals surface area contributed by atoms with Crippen LogP contribution in [0, 0.1) is 6.92 Å². The standard InChI is InChI=1S/C28H24F6N6.C2HF3O2/c1-17-4-2-5-20(16-17)37-26-38-23-12-15-40(25-22(28(32,33)34)6-3-13-35-25)14-11-21(23)24(39-26)36-19-9-7-18(8-10-19)27(29,30)31;3-2(4,5)1(6)7/h2-10,13,16H,11-12,14-15H2,1H3,(H2,36,37,38,39);(H,6,7). The summed E-state index contributed by atoms with van der Waals surface area (Å²) >= 11 is 0. The van der Waals surface area contributed by atoms with Gasteiger partial charge in [-0.05, 0) is 67.4 Å². The van der Waals surface area contributed by atoms with E-state index in [1.807, 2.05) is 31.2 Å². The van der Waals surface area contributed by atoms with Crippen molar-refractivity contribution in [2.24, 2.45) is 0 Å². The fourth-order valence-electron chi connectivity index (χ4n) is 4.57. The van der Waals surface area contributed by atoms with Crippen molar-refractivity contribution in [2.45, 2.75) is 38.3 Å². The highest BCUT2D eigenvalue weighted by Crippen LogP contribution is 2.37. The Kier molecular flexibility index (Phi) is 10.2. The average Bonchev–Trinajstić information content (AvgIpc) is 3.19. The summed E-state index contributed by atoms with van der Waals surface area (Å²) in [7, 11) is 0. The van der Waals surface area contributed by atoms with Crippen molar-refractivity contribution in [2.75, 3.05) is 28.6 Å². The van der Waals surface area contributed by atoms with Crippen LogP contribution in [0.1, 0.15) is 27.9 Å². The SMILES string of the molecule is Cc1cccc(Nc2nc3c(c(Nc4ccc(C(F)(F)F)cc4)n2)CCN(c2ncccc2C(F)(F)F)CC3)c1.O=C(O)C(F)(F)F. The van der Waals surface area contributed by atoms with Crippen LogP contribution in [0.15, 0.2) is 66.9 Å². The minimum absolute atomic E-state index is 0.161. The molecule has 250 valence electrons. The lowest BCUT2D eigenvalue weighted by molar-refractivity contribution is -0.192. The molecule has 0 radical (unpaired) electrons. The molecule has 2 aromatic carbocycles. The number of rotatable bonds is 5. The maximum absolute atomic E-state index is 13.7. The second kappa shape index (κ2) is 13.7. The van der Waals surface area contributed by atoms with Crippen LogP contribution >= 0.6 is 0 Å². The number of pyridine rings is 1. The monoisotopic (exact) mass is 672 g/mol. The first-order valence-electron chi connectivity index (χ1n) is 13.7. The molecule has 3 heterocycles. The number of fused-ring (bicyclic) bond motifs is 1. The molecule has 2 aromatic heterocycles. The van der Waals surface area contributed by atoms with Gasteiger partial charge in [-0.1, -0.05) is 12.1 Å². The third-order valence-corrected chi connectivity index (χ3v) is 6.73. The number of benzene rings is 2. The van der Waals surface area contributed by atoms with E-state index in [2.05, 4.69) is 25.6 Å². The molecule has 4 aromatic rings. The zero-order chi connectivity index (χ0) is 34.6. The third kappa shape index (κ3) is 9.23. The summed E-state index contributed by atoms with van der Waals surface area (Å²) in [6.07, 6.45) is -12.2. The number of hydrogen-bond donors (Lipinski definition) is 3. The van der Waals surface area contributed by atoms with E-state index in [9.17, 15) is 39.5 Å². The van der Waals surface area contributed by atoms with E-state index < -0.39 is 35.6 Å².